The summed E-state index contributed by atoms with van der Waals surface area (Å²) in [7, 11) is 2.12. The van der Waals surface area contributed by atoms with Crippen LogP contribution >= 0.6 is 0 Å². The number of imidazole rings is 1. The average molecular weight is 364 g/mol. The summed E-state index contributed by atoms with van der Waals surface area (Å²) in [5.74, 6) is 0.896. The van der Waals surface area contributed by atoms with Gasteiger partial charge < -0.3 is 10.3 Å². The zero-order chi connectivity index (χ0) is 19.2. The maximum Gasteiger partial charge on any atom is 0.220 e. The van der Waals surface area contributed by atoms with Gasteiger partial charge in [-0.1, -0.05) is 36.4 Å². The maximum absolute atomic E-state index is 12.3. The molecular formula is C22H28N4O. The Kier molecular flexibility index (Phi) is 6.24. The number of rotatable bonds is 8. The summed E-state index contributed by atoms with van der Waals surface area (Å²) in [6, 6.07) is 16.7. The van der Waals surface area contributed by atoms with Crippen LogP contribution in [0.2, 0.25) is 0 Å². The van der Waals surface area contributed by atoms with Crippen LogP contribution in [0.5, 0.6) is 0 Å². The first kappa shape index (κ1) is 19.1. The molecule has 1 heterocycles. The van der Waals surface area contributed by atoms with Crippen molar-refractivity contribution in [2.24, 2.45) is 0 Å². The highest BCUT2D eigenvalue weighted by molar-refractivity contribution is 5.77. The van der Waals surface area contributed by atoms with E-state index >= 15 is 0 Å². The average Bonchev–Trinajstić information content (AvgIpc) is 3.08. The molecule has 0 saturated heterocycles. The van der Waals surface area contributed by atoms with Crippen LogP contribution in [0.1, 0.15) is 37.2 Å². The number of nitrogens with zero attached hydrogens (tertiary/aromatic N) is 2. The van der Waals surface area contributed by atoms with Crippen molar-refractivity contribution in [1.29, 1.82) is 0 Å². The van der Waals surface area contributed by atoms with Crippen molar-refractivity contribution in [2.75, 3.05) is 7.05 Å². The smallest absolute Gasteiger partial charge is 0.220 e. The minimum absolute atomic E-state index is 0.0440. The van der Waals surface area contributed by atoms with E-state index < -0.39 is 0 Å². The molecule has 142 valence electrons. The minimum Gasteiger partial charge on any atom is -0.352 e. The molecule has 0 unspecified atom stereocenters. The molecule has 0 atom stereocenters. The number of aryl methyl sites for hydroxylation is 1. The van der Waals surface area contributed by atoms with E-state index in [9.17, 15) is 4.79 Å². The summed E-state index contributed by atoms with van der Waals surface area (Å²) < 4.78 is 0. The number of amides is 1. The number of nitrogens with one attached hydrogen (secondary N) is 2. The first-order valence-corrected chi connectivity index (χ1v) is 9.50. The predicted molar refractivity (Wildman–Crippen MR) is 109 cm³/mol. The largest absolute Gasteiger partial charge is 0.352 e. The van der Waals surface area contributed by atoms with Crippen LogP contribution in [0.25, 0.3) is 11.0 Å². The molecule has 2 aromatic carbocycles. The molecule has 0 aliphatic carbocycles. The molecule has 3 rings (SSSR count). The zero-order valence-corrected chi connectivity index (χ0v) is 16.3. The quantitative estimate of drug-likeness (QED) is 0.641. The Morgan fingerprint density at radius 2 is 1.81 bits per heavy atom. The van der Waals surface area contributed by atoms with Crippen molar-refractivity contribution in [3.8, 4) is 0 Å². The highest BCUT2D eigenvalue weighted by Gasteiger charge is 2.10. The van der Waals surface area contributed by atoms with E-state index in [1.165, 1.54) is 11.1 Å². The molecule has 0 aliphatic rings. The van der Waals surface area contributed by atoms with Gasteiger partial charge in [-0.25, -0.2) is 4.98 Å². The third-order valence-corrected chi connectivity index (χ3v) is 4.92. The first-order chi connectivity index (χ1) is 13.0. The van der Waals surface area contributed by atoms with Crippen LogP contribution in [0.4, 0.5) is 0 Å². The number of carbonyl (C=O) groups excluding carboxylic acids is 1. The molecule has 1 aromatic heterocycles. The number of hydrogen-bond donors (Lipinski definition) is 2. The van der Waals surface area contributed by atoms with Gasteiger partial charge in [0.05, 0.1) is 11.0 Å². The van der Waals surface area contributed by atoms with Gasteiger partial charge in [-0.2, -0.15) is 0 Å². The summed E-state index contributed by atoms with van der Waals surface area (Å²) >= 11 is 0. The summed E-state index contributed by atoms with van der Waals surface area (Å²) in [4.78, 5) is 22.4. The van der Waals surface area contributed by atoms with Crippen LogP contribution in [-0.4, -0.2) is 33.9 Å². The molecule has 1 amide bonds. The molecule has 3 aromatic rings. The molecule has 2 N–H and O–H groups in total. The predicted octanol–water partition coefficient (Wildman–Crippen LogP) is 3.65. The topological polar surface area (TPSA) is 61.0 Å². The van der Waals surface area contributed by atoms with Gasteiger partial charge in [0.1, 0.15) is 5.82 Å². The fourth-order valence-electron chi connectivity index (χ4n) is 2.97. The SMILES string of the molecule is CC(C)N(C)Cc1ccccc1CNC(=O)CCc1nc2ccccc2[nH]1. The number of hydrogen-bond acceptors (Lipinski definition) is 3. The number of fused-ring (bicyclic) bond motifs is 1. The molecular weight excluding hydrogens is 336 g/mol. The van der Waals surface area contributed by atoms with E-state index in [1.807, 2.05) is 30.3 Å². The zero-order valence-electron chi connectivity index (χ0n) is 16.3. The monoisotopic (exact) mass is 364 g/mol. The summed E-state index contributed by atoms with van der Waals surface area (Å²) in [5, 5.41) is 3.05. The van der Waals surface area contributed by atoms with Crippen molar-refractivity contribution >= 4 is 16.9 Å². The van der Waals surface area contributed by atoms with Gasteiger partial charge in [0.2, 0.25) is 5.91 Å². The van der Waals surface area contributed by atoms with E-state index in [0.29, 0.717) is 25.4 Å². The lowest BCUT2D eigenvalue weighted by Crippen LogP contribution is -2.27. The Morgan fingerprint density at radius 1 is 1.11 bits per heavy atom. The van der Waals surface area contributed by atoms with Crippen molar-refractivity contribution in [1.82, 2.24) is 20.2 Å². The maximum atomic E-state index is 12.3. The van der Waals surface area contributed by atoms with Crippen molar-refractivity contribution in [3.05, 3.63) is 65.5 Å². The second kappa shape index (κ2) is 8.82. The summed E-state index contributed by atoms with van der Waals surface area (Å²) in [6.07, 6.45) is 1.03. The Morgan fingerprint density at radius 3 is 2.56 bits per heavy atom. The summed E-state index contributed by atoms with van der Waals surface area (Å²) in [5.41, 5.74) is 4.38. The van der Waals surface area contributed by atoms with Gasteiger partial charge in [-0.05, 0) is 44.2 Å². The van der Waals surface area contributed by atoms with Crippen molar-refractivity contribution < 1.29 is 4.79 Å². The van der Waals surface area contributed by atoms with E-state index in [1.54, 1.807) is 0 Å². The standard InChI is InChI=1S/C22H28N4O/c1-16(2)26(3)15-18-9-5-4-8-17(18)14-23-22(27)13-12-21-24-19-10-6-7-11-20(19)25-21/h4-11,16H,12-15H2,1-3H3,(H,23,27)(H,24,25). The van der Waals surface area contributed by atoms with Gasteiger partial charge in [0, 0.05) is 32.0 Å². The first-order valence-electron chi connectivity index (χ1n) is 9.50. The number of aromatic amines is 1. The molecule has 0 spiro atoms. The second-order valence-corrected chi connectivity index (χ2v) is 7.25. The number of carbonyl (C=O) groups is 1. The third-order valence-electron chi connectivity index (χ3n) is 4.92. The Balaban J connectivity index is 1.53. The molecule has 0 saturated carbocycles. The van der Waals surface area contributed by atoms with Gasteiger partial charge in [-0.3, -0.25) is 9.69 Å². The van der Waals surface area contributed by atoms with Gasteiger partial charge >= 0.3 is 0 Å². The second-order valence-electron chi connectivity index (χ2n) is 7.25. The van der Waals surface area contributed by atoms with Gasteiger partial charge in [0.25, 0.3) is 0 Å². The van der Waals surface area contributed by atoms with Crippen LogP contribution in [0, 0.1) is 0 Å². The van der Waals surface area contributed by atoms with Gasteiger partial charge in [0.15, 0.2) is 0 Å². The number of aromatic nitrogens is 2. The Hall–Kier alpha value is -2.66. The Labute approximate surface area is 160 Å². The molecule has 27 heavy (non-hydrogen) atoms. The van der Waals surface area contributed by atoms with Crippen LogP contribution in [0.15, 0.2) is 48.5 Å². The van der Waals surface area contributed by atoms with Crippen LogP contribution in [0.3, 0.4) is 0 Å². The normalized spacial score (nSPS) is 11.4. The van der Waals surface area contributed by atoms with E-state index in [2.05, 4.69) is 59.3 Å². The fourth-order valence-corrected chi connectivity index (χ4v) is 2.97. The van der Waals surface area contributed by atoms with Crippen LogP contribution < -0.4 is 5.32 Å². The van der Waals surface area contributed by atoms with Crippen LogP contribution in [-0.2, 0) is 24.3 Å². The Bertz CT molecular complexity index is 867. The lowest BCUT2D eigenvalue weighted by molar-refractivity contribution is -0.121. The number of benzene rings is 2. The lowest BCUT2D eigenvalue weighted by Gasteiger charge is -2.22. The highest BCUT2D eigenvalue weighted by Crippen LogP contribution is 2.13. The molecule has 5 nitrogen and oxygen atoms in total. The molecule has 5 heteroatoms. The van der Waals surface area contributed by atoms with E-state index in [0.717, 1.165) is 23.4 Å². The van der Waals surface area contributed by atoms with E-state index in [-0.39, 0.29) is 5.91 Å². The van der Waals surface area contributed by atoms with E-state index in [4.69, 9.17) is 0 Å². The molecule has 0 radical (unpaired) electrons. The molecule has 0 fully saturated rings. The third kappa shape index (κ3) is 5.17. The minimum atomic E-state index is 0.0440. The molecule has 0 aliphatic heterocycles. The van der Waals surface area contributed by atoms with Crippen molar-refractivity contribution in [3.63, 3.8) is 0 Å². The van der Waals surface area contributed by atoms with Crippen molar-refractivity contribution in [2.45, 2.75) is 45.8 Å². The molecule has 0 bridgehead atoms. The van der Waals surface area contributed by atoms with Gasteiger partial charge in [-0.15, -0.1) is 0 Å². The number of para-hydroxylation sites is 2. The number of H-pyrrole nitrogens is 1. The lowest BCUT2D eigenvalue weighted by atomic mass is 10.1. The summed E-state index contributed by atoms with van der Waals surface area (Å²) in [6.45, 7) is 5.80. The highest BCUT2D eigenvalue weighted by atomic mass is 16.1. The fraction of sp³-hybridized carbons (Fsp3) is 0.364.